The van der Waals surface area contributed by atoms with Gasteiger partial charge in [-0.1, -0.05) is 11.6 Å². The van der Waals surface area contributed by atoms with E-state index < -0.39 is 0 Å². The molecule has 1 N–H and O–H groups in total. The summed E-state index contributed by atoms with van der Waals surface area (Å²) < 4.78 is 2.16. The molecule has 0 unspecified atom stereocenters. The monoisotopic (exact) mass is 249 g/mol. The van der Waals surface area contributed by atoms with E-state index >= 15 is 0 Å². The van der Waals surface area contributed by atoms with Crippen molar-refractivity contribution in [2.75, 3.05) is 5.32 Å². The summed E-state index contributed by atoms with van der Waals surface area (Å²) in [6.45, 7) is 5.06. The van der Waals surface area contributed by atoms with Gasteiger partial charge in [-0.3, -0.25) is 0 Å². The van der Waals surface area contributed by atoms with E-state index in [2.05, 4.69) is 28.7 Å². The van der Waals surface area contributed by atoms with E-state index in [1.165, 1.54) is 5.69 Å². The Kier molecular flexibility index (Phi) is 3.69. The fraction of sp³-hybridized carbons (Fsp3) is 0.308. The Morgan fingerprint density at radius 3 is 2.65 bits per heavy atom. The van der Waals surface area contributed by atoms with E-state index in [9.17, 15) is 0 Å². The minimum atomic E-state index is 0.430. The maximum absolute atomic E-state index is 5.84. The molecule has 0 aliphatic rings. The minimum absolute atomic E-state index is 0.430. The van der Waals surface area contributed by atoms with Gasteiger partial charge < -0.3 is 9.88 Å². The Bertz CT molecular complexity index is 474. The van der Waals surface area contributed by atoms with Crippen molar-refractivity contribution in [2.24, 2.45) is 0 Å². The lowest BCUT2D eigenvalue weighted by Gasteiger charge is -2.12. The molecule has 17 heavy (non-hydrogen) atoms. The van der Waals surface area contributed by atoms with Gasteiger partial charge in [0, 0.05) is 22.9 Å². The Morgan fingerprint density at radius 1 is 1.29 bits per heavy atom. The highest BCUT2D eigenvalue weighted by atomic mass is 35.5. The van der Waals surface area contributed by atoms with Crippen molar-refractivity contribution >= 4 is 17.3 Å². The molecule has 1 aromatic heterocycles. The van der Waals surface area contributed by atoms with Crippen LogP contribution in [0, 0.1) is 0 Å². The molecule has 2 rings (SSSR count). The van der Waals surface area contributed by atoms with Crippen molar-refractivity contribution in [3.05, 3.63) is 47.5 Å². The Morgan fingerprint density at radius 2 is 2.00 bits per heavy atom. The van der Waals surface area contributed by atoms with Crippen LogP contribution in [0.5, 0.6) is 0 Å². The number of aromatic nitrogens is 2. The lowest BCUT2D eigenvalue weighted by molar-refractivity contribution is 0.577. The number of imidazole rings is 1. The van der Waals surface area contributed by atoms with Crippen LogP contribution in [0.4, 0.5) is 5.69 Å². The van der Waals surface area contributed by atoms with Crippen molar-refractivity contribution in [3.8, 4) is 0 Å². The summed E-state index contributed by atoms with van der Waals surface area (Å²) in [7, 11) is 0. The topological polar surface area (TPSA) is 29.9 Å². The molecule has 0 aliphatic heterocycles. The van der Waals surface area contributed by atoms with Crippen LogP contribution >= 0.6 is 11.6 Å². The summed E-state index contributed by atoms with van der Waals surface area (Å²) >= 11 is 5.84. The molecule has 1 aromatic carbocycles. The second-order valence-corrected chi connectivity index (χ2v) is 4.68. The van der Waals surface area contributed by atoms with E-state index in [0.29, 0.717) is 6.04 Å². The lowest BCUT2D eigenvalue weighted by atomic mass is 10.3. The van der Waals surface area contributed by atoms with Gasteiger partial charge >= 0.3 is 0 Å². The van der Waals surface area contributed by atoms with Crippen LogP contribution in [0.2, 0.25) is 5.02 Å². The second kappa shape index (κ2) is 5.23. The van der Waals surface area contributed by atoms with Crippen LogP contribution in [0.25, 0.3) is 0 Å². The number of hydrogen-bond donors (Lipinski definition) is 1. The van der Waals surface area contributed by atoms with Crippen LogP contribution < -0.4 is 5.32 Å². The Balaban J connectivity index is 2.02. The van der Waals surface area contributed by atoms with Gasteiger partial charge in [-0.15, -0.1) is 0 Å². The average molecular weight is 250 g/mol. The van der Waals surface area contributed by atoms with Gasteiger partial charge in [-0.05, 0) is 38.1 Å². The van der Waals surface area contributed by atoms with E-state index in [4.69, 9.17) is 11.6 Å². The van der Waals surface area contributed by atoms with Gasteiger partial charge in [0.15, 0.2) is 0 Å². The standard InChI is InChI=1S/C13H16ClN3/c1-10(2)17-9-15-7-13(17)8-16-12-5-3-11(14)4-6-12/h3-7,9-10,16H,8H2,1-2H3. The summed E-state index contributed by atoms with van der Waals surface area (Å²) in [6.07, 6.45) is 3.76. The summed E-state index contributed by atoms with van der Waals surface area (Å²) in [5.74, 6) is 0. The van der Waals surface area contributed by atoms with Crippen LogP contribution in [0.1, 0.15) is 25.6 Å². The first-order valence-corrected chi connectivity index (χ1v) is 6.05. The minimum Gasteiger partial charge on any atom is -0.379 e. The highest BCUT2D eigenvalue weighted by Gasteiger charge is 2.04. The summed E-state index contributed by atoms with van der Waals surface area (Å²) in [5.41, 5.74) is 2.24. The zero-order valence-electron chi connectivity index (χ0n) is 10.0. The van der Waals surface area contributed by atoms with Crippen LogP contribution in [0.3, 0.4) is 0 Å². The highest BCUT2D eigenvalue weighted by molar-refractivity contribution is 6.30. The highest BCUT2D eigenvalue weighted by Crippen LogP contribution is 2.15. The third kappa shape index (κ3) is 3.01. The summed E-state index contributed by atoms with van der Waals surface area (Å²) in [5, 5.41) is 4.10. The molecule has 0 spiro atoms. The lowest BCUT2D eigenvalue weighted by Crippen LogP contribution is -2.08. The van der Waals surface area contributed by atoms with Gasteiger partial charge in [-0.2, -0.15) is 0 Å². The predicted octanol–water partition coefficient (Wildman–Crippen LogP) is 3.73. The predicted molar refractivity (Wildman–Crippen MR) is 71.4 cm³/mol. The van der Waals surface area contributed by atoms with E-state index in [1.54, 1.807) is 0 Å². The maximum atomic E-state index is 5.84. The van der Waals surface area contributed by atoms with Crippen LogP contribution in [-0.4, -0.2) is 9.55 Å². The average Bonchev–Trinajstić information content (AvgIpc) is 2.76. The summed E-state index contributed by atoms with van der Waals surface area (Å²) in [6, 6.07) is 8.13. The van der Waals surface area contributed by atoms with Crippen LogP contribution in [0.15, 0.2) is 36.8 Å². The van der Waals surface area contributed by atoms with Crippen molar-refractivity contribution in [3.63, 3.8) is 0 Å². The van der Waals surface area contributed by atoms with Gasteiger partial charge in [-0.25, -0.2) is 4.98 Å². The molecule has 3 nitrogen and oxygen atoms in total. The van der Waals surface area contributed by atoms with E-state index in [-0.39, 0.29) is 0 Å². The second-order valence-electron chi connectivity index (χ2n) is 4.25. The van der Waals surface area contributed by atoms with Crippen molar-refractivity contribution in [2.45, 2.75) is 26.4 Å². The Hall–Kier alpha value is -1.48. The van der Waals surface area contributed by atoms with Gasteiger partial charge in [0.1, 0.15) is 0 Å². The molecule has 0 atom stereocenters. The molecule has 0 saturated carbocycles. The normalized spacial score (nSPS) is 10.8. The third-order valence-electron chi connectivity index (χ3n) is 2.62. The molecule has 90 valence electrons. The molecule has 0 aliphatic carbocycles. The molecule has 0 saturated heterocycles. The molecule has 2 aromatic rings. The first-order valence-electron chi connectivity index (χ1n) is 5.67. The molecule has 1 heterocycles. The number of benzene rings is 1. The zero-order chi connectivity index (χ0) is 12.3. The maximum Gasteiger partial charge on any atom is 0.0951 e. The van der Waals surface area contributed by atoms with Crippen molar-refractivity contribution < 1.29 is 0 Å². The quantitative estimate of drug-likeness (QED) is 0.895. The Labute approximate surface area is 106 Å². The number of rotatable bonds is 4. The number of anilines is 1. The molecule has 4 heteroatoms. The fourth-order valence-electron chi connectivity index (χ4n) is 1.69. The van der Waals surface area contributed by atoms with Gasteiger partial charge in [0.2, 0.25) is 0 Å². The molecular formula is C13H16ClN3. The number of nitrogens with zero attached hydrogens (tertiary/aromatic N) is 2. The van der Waals surface area contributed by atoms with E-state index in [1.807, 2.05) is 36.8 Å². The molecule has 0 bridgehead atoms. The summed E-state index contributed by atoms with van der Waals surface area (Å²) in [4.78, 5) is 4.17. The first kappa shape index (κ1) is 12.0. The third-order valence-corrected chi connectivity index (χ3v) is 2.87. The largest absolute Gasteiger partial charge is 0.379 e. The number of nitrogens with one attached hydrogen (secondary N) is 1. The van der Waals surface area contributed by atoms with Gasteiger partial charge in [0.25, 0.3) is 0 Å². The van der Waals surface area contributed by atoms with Gasteiger partial charge in [0.05, 0.1) is 18.6 Å². The fourth-order valence-corrected chi connectivity index (χ4v) is 1.82. The molecule has 0 radical (unpaired) electrons. The number of hydrogen-bond acceptors (Lipinski definition) is 2. The van der Waals surface area contributed by atoms with Crippen LogP contribution in [-0.2, 0) is 6.54 Å². The zero-order valence-corrected chi connectivity index (χ0v) is 10.8. The molecular weight excluding hydrogens is 234 g/mol. The smallest absolute Gasteiger partial charge is 0.0951 e. The SMILES string of the molecule is CC(C)n1cncc1CNc1ccc(Cl)cc1. The first-order chi connectivity index (χ1) is 8.16. The van der Waals surface area contributed by atoms with Crippen molar-refractivity contribution in [1.82, 2.24) is 9.55 Å². The van der Waals surface area contributed by atoms with E-state index in [0.717, 1.165) is 17.3 Å². The number of halogens is 1. The molecule has 0 fully saturated rings. The van der Waals surface area contributed by atoms with Crippen molar-refractivity contribution in [1.29, 1.82) is 0 Å². The molecule has 0 amide bonds.